The zero-order valence-corrected chi connectivity index (χ0v) is 15.6. The van der Waals surface area contributed by atoms with Crippen molar-refractivity contribution in [1.29, 1.82) is 0 Å². The summed E-state index contributed by atoms with van der Waals surface area (Å²) in [6.07, 6.45) is 6.52. The van der Waals surface area contributed by atoms with E-state index in [0.717, 1.165) is 48.6 Å². The fraction of sp³-hybridized carbons (Fsp3) is 0.571. The van der Waals surface area contributed by atoms with Crippen molar-refractivity contribution in [3.8, 4) is 0 Å². The van der Waals surface area contributed by atoms with Crippen molar-refractivity contribution < 1.29 is 9.53 Å². The molecular weight excluding hydrogens is 340 g/mol. The van der Waals surface area contributed by atoms with E-state index in [-0.39, 0.29) is 6.03 Å². The number of piperidine rings is 1. The lowest BCUT2D eigenvalue weighted by molar-refractivity contribution is 0.0411. The Bertz CT molecular complexity index is 837. The molecule has 1 aliphatic carbocycles. The number of carbonyl (C=O) groups is 1. The van der Waals surface area contributed by atoms with E-state index >= 15 is 0 Å². The number of nitrogens with zero attached hydrogens (tertiary/aromatic N) is 4. The van der Waals surface area contributed by atoms with Gasteiger partial charge in [-0.25, -0.2) is 14.8 Å². The van der Waals surface area contributed by atoms with Crippen molar-refractivity contribution in [2.75, 3.05) is 39.4 Å². The van der Waals surface area contributed by atoms with Crippen LogP contribution < -0.4 is 0 Å². The molecule has 3 fully saturated rings. The van der Waals surface area contributed by atoms with Crippen LogP contribution in [0.2, 0.25) is 0 Å². The van der Waals surface area contributed by atoms with Gasteiger partial charge in [0, 0.05) is 49.4 Å². The van der Waals surface area contributed by atoms with E-state index in [2.05, 4.69) is 23.2 Å². The van der Waals surface area contributed by atoms with Gasteiger partial charge < -0.3 is 14.5 Å². The molecule has 0 N–H and O–H groups in total. The minimum Gasteiger partial charge on any atom is -0.378 e. The first kappa shape index (κ1) is 16.9. The van der Waals surface area contributed by atoms with Crippen LogP contribution in [-0.2, 0) is 4.74 Å². The van der Waals surface area contributed by atoms with Gasteiger partial charge in [0.05, 0.1) is 13.2 Å². The van der Waals surface area contributed by atoms with Gasteiger partial charge >= 0.3 is 6.03 Å². The predicted octanol–water partition coefficient (Wildman–Crippen LogP) is 3.14. The number of rotatable bonds is 2. The third-order valence-electron chi connectivity index (χ3n) is 6.10. The van der Waals surface area contributed by atoms with Crippen LogP contribution in [0.3, 0.4) is 0 Å². The summed E-state index contributed by atoms with van der Waals surface area (Å²) in [6, 6.07) is 6.74. The number of aromatic nitrogens is 2. The standard InChI is InChI=1S/C21H26N4O2/c26-21(25-9-11-27-12-10-25)24-7-5-16(6-8-24)19-4-3-17-13-18(15-1-2-15)14-22-20(17)23-19/h3-4,13-16H,1-2,5-12H2. The highest BCUT2D eigenvalue weighted by molar-refractivity contribution is 5.76. The molecule has 2 aromatic heterocycles. The lowest BCUT2D eigenvalue weighted by Crippen LogP contribution is -2.50. The smallest absolute Gasteiger partial charge is 0.320 e. The van der Waals surface area contributed by atoms with Crippen LogP contribution in [-0.4, -0.2) is 65.2 Å². The lowest BCUT2D eigenvalue weighted by Gasteiger charge is -2.37. The monoisotopic (exact) mass is 366 g/mol. The summed E-state index contributed by atoms with van der Waals surface area (Å²) in [4.78, 5) is 26.0. The summed E-state index contributed by atoms with van der Waals surface area (Å²) in [6.45, 7) is 4.32. The molecule has 142 valence electrons. The number of likely N-dealkylation sites (tertiary alicyclic amines) is 1. The zero-order valence-electron chi connectivity index (χ0n) is 15.6. The molecule has 2 aromatic rings. The molecule has 0 bridgehead atoms. The zero-order chi connectivity index (χ0) is 18.2. The summed E-state index contributed by atoms with van der Waals surface area (Å²) in [5.41, 5.74) is 3.32. The first-order chi connectivity index (χ1) is 13.3. The molecule has 0 aromatic carbocycles. The predicted molar refractivity (Wildman–Crippen MR) is 103 cm³/mol. The van der Waals surface area contributed by atoms with Crippen molar-refractivity contribution in [3.63, 3.8) is 0 Å². The topological polar surface area (TPSA) is 58.6 Å². The van der Waals surface area contributed by atoms with Crippen LogP contribution in [0.5, 0.6) is 0 Å². The molecule has 2 aliphatic heterocycles. The molecule has 27 heavy (non-hydrogen) atoms. The van der Waals surface area contributed by atoms with Gasteiger partial charge in [-0.05, 0) is 55.4 Å². The van der Waals surface area contributed by atoms with Crippen LogP contribution in [0, 0.1) is 0 Å². The highest BCUT2D eigenvalue weighted by Crippen LogP contribution is 2.40. The van der Waals surface area contributed by atoms with Gasteiger partial charge in [-0.15, -0.1) is 0 Å². The average molecular weight is 366 g/mol. The molecule has 1 saturated carbocycles. The first-order valence-corrected chi connectivity index (χ1v) is 10.2. The van der Waals surface area contributed by atoms with Gasteiger partial charge in [0.1, 0.15) is 0 Å². The maximum Gasteiger partial charge on any atom is 0.320 e. The van der Waals surface area contributed by atoms with Crippen LogP contribution in [0.1, 0.15) is 48.8 Å². The number of carbonyl (C=O) groups excluding carboxylic acids is 1. The molecule has 2 amide bonds. The number of ether oxygens (including phenoxy) is 1. The summed E-state index contributed by atoms with van der Waals surface area (Å²) < 4.78 is 5.34. The molecule has 0 radical (unpaired) electrons. The van der Waals surface area contributed by atoms with Crippen molar-refractivity contribution in [1.82, 2.24) is 19.8 Å². The molecule has 0 unspecified atom stereocenters. The maximum atomic E-state index is 12.6. The highest BCUT2D eigenvalue weighted by atomic mass is 16.5. The highest BCUT2D eigenvalue weighted by Gasteiger charge is 2.29. The van der Waals surface area contributed by atoms with Crippen LogP contribution in [0.15, 0.2) is 24.4 Å². The van der Waals surface area contributed by atoms with Crippen molar-refractivity contribution in [3.05, 3.63) is 35.7 Å². The fourth-order valence-corrected chi connectivity index (χ4v) is 4.23. The van der Waals surface area contributed by atoms with E-state index in [1.54, 1.807) is 0 Å². The Hall–Kier alpha value is -2.21. The summed E-state index contributed by atoms with van der Waals surface area (Å²) in [7, 11) is 0. The Morgan fingerprint density at radius 2 is 1.70 bits per heavy atom. The molecular formula is C21H26N4O2. The van der Waals surface area contributed by atoms with Crippen LogP contribution >= 0.6 is 0 Å². The first-order valence-electron chi connectivity index (χ1n) is 10.2. The van der Waals surface area contributed by atoms with Gasteiger partial charge in [0.2, 0.25) is 0 Å². The molecule has 2 saturated heterocycles. The molecule has 6 heteroatoms. The van der Waals surface area contributed by atoms with Crippen molar-refractivity contribution >= 4 is 17.1 Å². The number of hydrogen-bond acceptors (Lipinski definition) is 4. The summed E-state index contributed by atoms with van der Waals surface area (Å²) >= 11 is 0. The van der Waals surface area contributed by atoms with Gasteiger partial charge in [0.15, 0.2) is 5.65 Å². The maximum absolute atomic E-state index is 12.6. The van der Waals surface area contributed by atoms with Crippen molar-refractivity contribution in [2.24, 2.45) is 0 Å². The van der Waals surface area contributed by atoms with E-state index in [9.17, 15) is 4.79 Å². The number of urea groups is 1. The Labute approximate surface area is 159 Å². The van der Waals surface area contributed by atoms with Gasteiger partial charge in [-0.2, -0.15) is 0 Å². The number of pyridine rings is 2. The van der Waals surface area contributed by atoms with E-state index in [1.165, 1.54) is 18.4 Å². The van der Waals surface area contributed by atoms with Gasteiger partial charge in [-0.3, -0.25) is 0 Å². The quantitative estimate of drug-likeness (QED) is 0.819. The lowest BCUT2D eigenvalue weighted by atomic mass is 9.93. The second-order valence-electron chi connectivity index (χ2n) is 7.97. The molecule has 4 heterocycles. The number of amides is 2. The fourth-order valence-electron chi connectivity index (χ4n) is 4.23. The SMILES string of the molecule is O=C(N1CCOCC1)N1CCC(c2ccc3cc(C4CC4)cnc3n2)CC1. The van der Waals surface area contributed by atoms with Gasteiger partial charge in [0.25, 0.3) is 0 Å². The molecule has 0 spiro atoms. The number of hydrogen-bond donors (Lipinski definition) is 0. The van der Waals surface area contributed by atoms with E-state index in [0.29, 0.717) is 32.2 Å². The average Bonchev–Trinajstić information content (AvgIpc) is 3.59. The molecule has 6 nitrogen and oxygen atoms in total. The minimum absolute atomic E-state index is 0.164. The Morgan fingerprint density at radius 3 is 2.44 bits per heavy atom. The van der Waals surface area contributed by atoms with Crippen LogP contribution in [0.25, 0.3) is 11.0 Å². The van der Waals surface area contributed by atoms with E-state index in [1.807, 2.05) is 16.0 Å². The van der Waals surface area contributed by atoms with Crippen molar-refractivity contribution in [2.45, 2.75) is 37.5 Å². The summed E-state index contributed by atoms with van der Waals surface area (Å²) in [5.74, 6) is 1.13. The Morgan fingerprint density at radius 1 is 0.963 bits per heavy atom. The largest absolute Gasteiger partial charge is 0.378 e. The molecule has 0 atom stereocenters. The molecule has 3 aliphatic rings. The second kappa shape index (κ2) is 7.08. The third kappa shape index (κ3) is 3.50. The summed E-state index contributed by atoms with van der Waals surface area (Å²) in [5, 5.41) is 1.14. The van der Waals surface area contributed by atoms with E-state index < -0.39 is 0 Å². The minimum atomic E-state index is 0.164. The number of morpholine rings is 1. The Kier molecular flexibility index (Phi) is 4.44. The van der Waals surface area contributed by atoms with Crippen LogP contribution in [0.4, 0.5) is 4.79 Å². The number of fused-ring (bicyclic) bond motifs is 1. The van der Waals surface area contributed by atoms with E-state index in [4.69, 9.17) is 9.72 Å². The normalized spacial score (nSPS) is 21.6. The second-order valence-corrected chi connectivity index (χ2v) is 7.97. The molecule has 5 rings (SSSR count). The van der Waals surface area contributed by atoms with Gasteiger partial charge in [-0.1, -0.05) is 0 Å². The Balaban J connectivity index is 1.24. The third-order valence-corrected chi connectivity index (χ3v) is 6.10.